The molecule has 0 unspecified atom stereocenters. The number of carbonyl (C=O) groups excluding carboxylic acids is 2. The van der Waals surface area contributed by atoms with Gasteiger partial charge in [-0.15, -0.1) is 0 Å². The lowest BCUT2D eigenvalue weighted by molar-refractivity contribution is -0.115. The van der Waals surface area contributed by atoms with Crippen molar-refractivity contribution in [3.63, 3.8) is 0 Å². The van der Waals surface area contributed by atoms with Gasteiger partial charge in [-0.25, -0.2) is 0 Å². The van der Waals surface area contributed by atoms with Crippen molar-refractivity contribution >= 4 is 22.9 Å². The van der Waals surface area contributed by atoms with Crippen LogP contribution in [0.25, 0.3) is 0 Å². The van der Waals surface area contributed by atoms with E-state index < -0.39 is 0 Å². The van der Waals surface area contributed by atoms with E-state index in [1.54, 1.807) is 12.4 Å². The summed E-state index contributed by atoms with van der Waals surface area (Å²) in [7, 11) is 0. The monoisotopic (exact) mass is 208 g/mol. The van der Waals surface area contributed by atoms with E-state index >= 15 is 0 Å². The number of pyridine rings is 1. The summed E-state index contributed by atoms with van der Waals surface area (Å²) in [5.41, 5.74) is 0. The predicted molar refractivity (Wildman–Crippen MR) is 54.5 cm³/mol. The second-order valence-corrected chi connectivity index (χ2v) is 3.36. The molecule has 0 spiro atoms. The minimum atomic E-state index is -0.375. The fourth-order valence-electron chi connectivity index (χ4n) is 0.659. The minimum absolute atomic E-state index is 0.273. The summed E-state index contributed by atoms with van der Waals surface area (Å²) < 4.78 is 0. The Kier molecular flexibility index (Phi) is 3.87. The smallest absolute Gasteiger partial charge is 0.282 e. The van der Waals surface area contributed by atoms with E-state index in [9.17, 15) is 9.59 Å². The Labute approximate surface area is 85.4 Å². The van der Waals surface area contributed by atoms with E-state index in [4.69, 9.17) is 0 Å². The molecule has 0 aliphatic carbocycles. The van der Waals surface area contributed by atoms with Crippen molar-refractivity contribution in [1.29, 1.82) is 0 Å². The summed E-state index contributed by atoms with van der Waals surface area (Å²) in [6, 6.07) is 5.72. The number of imide groups is 1. The molecule has 0 aromatic carbocycles. The van der Waals surface area contributed by atoms with Crippen LogP contribution in [0.3, 0.4) is 0 Å². The maximum Gasteiger partial charge on any atom is 0.290 e. The first-order chi connectivity index (χ1) is 6.70. The van der Waals surface area contributed by atoms with Crippen LogP contribution in [0.15, 0.2) is 42.1 Å². The number of aromatic nitrogens is 1. The van der Waals surface area contributed by atoms with Gasteiger partial charge in [0.15, 0.2) is 0 Å². The van der Waals surface area contributed by atoms with E-state index in [0.717, 1.165) is 11.8 Å². The Balaban J connectivity index is 0.000000146. The van der Waals surface area contributed by atoms with Crippen molar-refractivity contribution in [3.8, 4) is 0 Å². The van der Waals surface area contributed by atoms with Gasteiger partial charge in [-0.05, 0) is 23.9 Å². The van der Waals surface area contributed by atoms with Crippen LogP contribution in [0.2, 0.25) is 0 Å². The van der Waals surface area contributed by atoms with Gasteiger partial charge in [0.05, 0.1) is 4.91 Å². The van der Waals surface area contributed by atoms with Gasteiger partial charge in [0.1, 0.15) is 0 Å². The average Bonchev–Trinajstić information content (AvgIpc) is 2.48. The first-order valence-corrected chi connectivity index (χ1v) is 4.59. The molecule has 1 saturated heterocycles. The molecular formula is C9H8N2O2S. The van der Waals surface area contributed by atoms with Crippen molar-refractivity contribution in [2.75, 3.05) is 0 Å². The summed E-state index contributed by atoms with van der Waals surface area (Å²) >= 11 is 0.834. The topological polar surface area (TPSA) is 59.1 Å². The highest BCUT2D eigenvalue weighted by atomic mass is 32.2. The molecule has 1 N–H and O–H groups in total. The summed E-state index contributed by atoms with van der Waals surface area (Å²) in [6.45, 7) is 3.32. The van der Waals surface area contributed by atoms with Gasteiger partial charge in [-0.2, -0.15) is 0 Å². The molecular weight excluding hydrogens is 200 g/mol. The maximum atomic E-state index is 10.3. The molecule has 72 valence electrons. The molecule has 1 fully saturated rings. The maximum absolute atomic E-state index is 10.3. The largest absolute Gasteiger partial charge is 0.290 e. The lowest BCUT2D eigenvalue weighted by Crippen LogP contribution is -2.17. The fourth-order valence-corrected chi connectivity index (χ4v) is 1.17. The van der Waals surface area contributed by atoms with Crippen LogP contribution >= 0.6 is 11.8 Å². The second kappa shape index (κ2) is 5.18. The number of thioether (sulfide) groups is 1. The number of hydrogen-bond donors (Lipinski definition) is 1. The average molecular weight is 208 g/mol. The third kappa shape index (κ3) is 3.40. The van der Waals surface area contributed by atoms with Crippen molar-refractivity contribution < 1.29 is 9.59 Å². The quantitative estimate of drug-likeness (QED) is 0.657. The predicted octanol–water partition coefficient (Wildman–Crippen LogP) is 1.56. The molecule has 1 aliphatic heterocycles. The molecule has 4 nitrogen and oxygen atoms in total. The lowest BCUT2D eigenvalue weighted by atomic mass is 10.5. The zero-order valence-electron chi connectivity index (χ0n) is 7.27. The van der Waals surface area contributed by atoms with Crippen LogP contribution in [0.4, 0.5) is 4.79 Å². The molecule has 2 amide bonds. The molecule has 14 heavy (non-hydrogen) atoms. The summed E-state index contributed by atoms with van der Waals surface area (Å²) in [4.78, 5) is 24.6. The van der Waals surface area contributed by atoms with Gasteiger partial charge >= 0.3 is 0 Å². The summed E-state index contributed by atoms with van der Waals surface area (Å²) in [5, 5.41) is 1.72. The van der Waals surface area contributed by atoms with Gasteiger partial charge in [0.25, 0.3) is 11.1 Å². The van der Waals surface area contributed by atoms with E-state index in [1.807, 2.05) is 18.2 Å². The highest BCUT2D eigenvalue weighted by molar-refractivity contribution is 8.18. The third-order valence-corrected chi connectivity index (χ3v) is 1.97. The SMILES string of the molecule is C=C1SC(=O)NC1=O.c1ccncc1. The first-order valence-electron chi connectivity index (χ1n) is 3.77. The van der Waals surface area contributed by atoms with Crippen molar-refractivity contribution in [2.45, 2.75) is 0 Å². The molecule has 0 radical (unpaired) electrons. The van der Waals surface area contributed by atoms with Crippen LogP contribution in [-0.4, -0.2) is 16.1 Å². The summed E-state index contributed by atoms with van der Waals surface area (Å²) in [6.07, 6.45) is 3.50. The highest BCUT2D eigenvalue weighted by Crippen LogP contribution is 2.19. The van der Waals surface area contributed by atoms with Crippen LogP contribution in [0.1, 0.15) is 0 Å². The van der Waals surface area contributed by atoms with Crippen LogP contribution < -0.4 is 5.32 Å². The zero-order valence-corrected chi connectivity index (χ0v) is 8.08. The second-order valence-electron chi connectivity index (χ2n) is 2.29. The highest BCUT2D eigenvalue weighted by Gasteiger charge is 2.22. The summed E-state index contributed by atoms with van der Waals surface area (Å²) in [5.74, 6) is -0.375. The number of rotatable bonds is 0. The van der Waals surface area contributed by atoms with E-state index in [-0.39, 0.29) is 16.1 Å². The van der Waals surface area contributed by atoms with E-state index in [0.29, 0.717) is 0 Å². The number of nitrogens with zero attached hydrogens (tertiary/aromatic N) is 1. The van der Waals surface area contributed by atoms with Crippen molar-refractivity contribution in [1.82, 2.24) is 10.3 Å². The number of hydrogen-bond acceptors (Lipinski definition) is 4. The molecule has 0 saturated carbocycles. The molecule has 1 aliphatic rings. The Bertz CT molecular complexity index is 306. The molecule has 1 aromatic rings. The van der Waals surface area contributed by atoms with E-state index in [2.05, 4.69) is 16.9 Å². The van der Waals surface area contributed by atoms with Gasteiger partial charge in [0.2, 0.25) is 0 Å². The third-order valence-electron chi connectivity index (χ3n) is 1.25. The Morgan fingerprint density at radius 2 is 1.86 bits per heavy atom. The van der Waals surface area contributed by atoms with Gasteiger partial charge in [-0.1, -0.05) is 12.6 Å². The van der Waals surface area contributed by atoms with Crippen LogP contribution in [-0.2, 0) is 4.79 Å². The Morgan fingerprint density at radius 3 is 2.00 bits per heavy atom. The molecule has 0 atom stereocenters. The van der Waals surface area contributed by atoms with Gasteiger partial charge < -0.3 is 0 Å². The van der Waals surface area contributed by atoms with Crippen LogP contribution in [0, 0.1) is 0 Å². The molecule has 5 heteroatoms. The molecule has 2 rings (SSSR count). The van der Waals surface area contributed by atoms with Crippen molar-refractivity contribution in [3.05, 3.63) is 42.1 Å². The minimum Gasteiger partial charge on any atom is -0.282 e. The van der Waals surface area contributed by atoms with Crippen molar-refractivity contribution in [2.24, 2.45) is 0 Å². The number of carbonyl (C=O) groups is 2. The normalized spacial score (nSPS) is 14.4. The fraction of sp³-hybridized carbons (Fsp3) is 0. The zero-order chi connectivity index (χ0) is 10.4. The van der Waals surface area contributed by atoms with Gasteiger partial charge in [-0.3, -0.25) is 19.9 Å². The molecule has 0 bridgehead atoms. The Hall–Kier alpha value is -1.62. The molecule has 1 aromatic heterocycles. The first kappa shape index (κ1) is 10.5. The lowest BCUT2D eigenvalue weighted by Gasteiger charge is -1.78. The number of amides is 2. The Morgan fingerprint density at radius 1 is 1.21 bits per heavy atom. The van der Waals surface area contributed by atoms with Gasteiger partial charge in [0, 0.05) is 12.4 Å². The molecule has 2 heterocycles. The standard InChI is InChI=1S/C5H5N.C4H3NO2S/c1-2-4-6-5-3-1;1-2-3(6)5-4(7)8-2/h1-5H;1H2,(H,5,6,7). The number of nitrogens with one attached hydrogen (secondary N) is 1. The van der Waals surface area contributed by atoms with Crippen LogP contribution in [0.5, 0.6) is 0 Å². The van der Waals surface area contributed by atoms with E-state index in [1.165, 1.54) is 0 Å².